The molecule has 0 rings (SSSR count). The highest BCUT2D eigenvalue weighted by molar-refractivity contribution is 5.73. The number of hydrogen-bond donors (Lipinski definition) is 3. The fourth-order valence-electron chi connectivity index (χ4n) is 1.76. The Bertz CT molecular complexity index is 286. The van der Waals surface area contributed by atoms with Crippen molar-refractivity contribution in [1.82, 2.24) is 0 Å². The van der Waals surface area contributed by atoms with Gasteiger partial charge in [0.25, 0.3) is 0 Å². The van der Waals surface area contributed by atoms with Crippen molar-refractivity contribution in [3.05, 3.63) is 12.2 Å². The maximum absolute atomic E-state index is 11.8. The molecule has 0 amide bonds. The summed E-state index contributed by atoms with van der Waals surface area (Å²) >= 11 is 0. The van der Waals surface area contributed by atoms with E-state index in [0.717, 1.165) is 25.7 Å². The van der Waals surface area contributed by atoms with E-state index in [0.29, 0.717) is 19.3 Å². The highest BCUT2D eigenvalue weighted by Crippen LogP contribution is 2.10. The lowest BCUT2D eigenvalue weighted by Crippen LogP contribution is -2.41. The van der Waals surface area contributed by atoms with Gasteiger partial charge in [-0.1, -0.05) is 25.0 Å². The third-order valence-corrected chi connectivity index (χ3v) is 3.04. The highest BCUT2D eigenvalue weighted by atomic mass is 19.3. The molecule has 0 aromatic carbocycles. The standard InChI is InChI=1S/C14H25F2NO3/c15-12(16)10-8-6-4-2-1-3-5-7-9-11(18)13(17)14(19)20/h3,5,11-13,18H,1-2,4,6-10,17H2,(H,19,20)/t11-,13-/m0/s1. The van der Waals surface area contributed by atoms with E-state index in [1.807, 2.05) is 12.2 Å². The summed E-state index contributed by atoms with van der Waals surface area (Å²) in [5.74, 6) is -1.20. The monoisotopic (exact) mass is 293 g/mol. The van der Waals surface area contributed by atoms with Gasteiger partial charge in [0.05, 0.1) is 6.10 Å². The van der Waals surface area contributed by atoms with Crippen LogP contribution < -0.4 is 5.73 Å². The molecule has 0 aromatic rings. The van der Waals surface area contributed by atoms with Crippen LogP contribution in [0.5, 0.6) is 0 Å². The lowest BCUT2D eigenvalue weighted by atomic mass is 10.1. The molecule has 20 heavy (non-hydrogen) atoms. The molecule has 0 radical (unpaired) electrons. The second-order valence-corrected chi connectivity index (χ2v) is 4.86. The minimum Gasteiger partial charge on any atom is -0.480 e. The summed E-state index contributed by atoms with van der Waals surface area (Å²) in [6, 6.07) is -1.24. The summed E-state index contributed by atoms with van der Waals surface area (Å²) in [4.78, 5) is 10.5. The third-order valence-electron chi connectivity index (χ3n) is 3.04. The summed E-state index contributed by atoms with van der Waals surface area (Å²) in [5, 5.41) is 18.0. The van der Waals surface area contributed by atoms with E-state index < -0.39 is 24.5 Å². The molecular formula is C14H25F2NO3. The smallest absolute Gasteiger partial charge is 0.323 e. The van der Waals surface area contributed by atoms with Crippen molar-refractivity contribution in [3.63, 3.8) is 0 Å². The number of aliphatic hydroxyl groups is 1. The number of carbonyl (C=O) groups is 1. The van der Waals surface area contributed by atoms with Crippen LogP contribution in [0.4, 0.5) is 8.78 Å². The van der Waals surface area contributed by atoms with Crippen LogP contribution in [0.25, 0.3) is 0 Å². The molecule has 0 saturated heterocycles. The second kappa shape index (κ2) is 11.8. The van der Waals surface area contributed by atoms with Crippen molar-refractivity contribution in [2.75, 3.05) is 0 Å². The molecule has 0 aliphatic carbocycles. The fraction of sp³-hybridized carbons (Fsp3) is 0.786. The van der Waals surface area contributed by atoms with Crippen molar-refractivity contribution in [1.29, 1.82) is 0 Å². The normalized spacial score (nSPS) is 14.8. The molecule has 0 aromatic heterocycles. The van der Waals surface area contributed by atoms with Crippen molar-refractivity contribution in [2.24, 2.45) is 5.73 Å². The Morgan fingerprint density at radius 3 is 2.25 bits per heavy atom. The van der Waals surface area contributed by atoms with E-state index in [9.17, 15) is 18.7 Å². The Kier molecular flexibility index (Phi) is 11.2. The summed E-state index contributed by atoms with van der Waals surface area (Å²) in [5.41, 5.74) is 5.26. The summed E-state index contributed by atoms with van der Waals surface area (Å²) in [7, 11) is 0. The summed E-state index contributed by atoms with van der Waals surface area (Å²) in [6.45, 7) is 0. The maximum Gasteiger partial charge on any atom is 0.323 e. The van der Waals surface area contributed by atoms with Crippen LogP contribution >= 0.6 is 0 Å². The van der Waals surface area contributed by atoms with Gasteiger partial charge in [0.1, 0.15) is 6.04 Å². The summed E-state index contributed by atoms with van der Waals surface area (Å²) in [6.07, 6.45) is 5.65. The van der Waals surface area contributed by atoms with Crippen LogP contribution in [-0.2, 0) is 4.79 Å². The zero-order chi connectivity index (χ0) is 15.4. The first-order chi connectivity index (χ1) is 9.45. The molecule has 118 valence electrons. The highest BCUT2D eigenvalue weighted by Gasteiger charge is 2.20. The van der Waals surface area contributed by atoms with Crippen molar-refractivity contribution < 1.29 is 23.8 Å². The molecule has 0 heterocycles. The minimum atomic E-state index is -2.20. The molecule has 4 N–H and O–H groups in total. The van der Waals surface area contributed by atoms with Crippen molar-refractivity contribution in [2.45, 2.75) is 69.9 Å². The number of carboxylic acids is 1. The van der Waals surface area contributed by atoms with Gasteiger partial charge in [-0.3, -0.25) is 4.79 Å². The average molecular weight is 293 g/mol. The zero-order valence-electron chi connectivity index (χ0n) is 11.7. The number of hydrogen-bond acceptors (Lipinski definition) is 3. The fourth-order valence-corrected chi connectivity index (χ4v) is 1.76. The number of carboxylic acid groups (broad SMARTS) is 1. The van der Waals surface area contributed by atoms with Gasteiger partial charge in [0.15, 0.2) is 0 Å². The van der Waals surface area contributed by atoms with E-state index in [-0.39, 0.29) is 6.42 Å². The van der Waals surface area contributed by atoms with E-state index in [1.165, 1.54) is 0 Å². The van der Waals surface area contributed by atoms with Gasteiger partial charge in [0, 0.05) is 6.42 Å². The van der Waals surface area contributed by atoms with E-state index >= 15 is 0 Å². The molecule has 0 unspecified atom stereocenters. The SMILES string of the molecule is N[C@H](C(=O)O)[C@@H](O)CCC=CCCCCCCC(F)F. The maximum atomic E-state index is 11.8. The Hall–Kier alpha value is -1.01. The molecule has 0 aliphatic rings. The molecule has 0 saturated carbocycles. The molecule has 0 spiro atoms. The lowest BCUT2D eigenvalue weighted by molar-refractivity contribution is -0.141. The predicted octanol–water partition coefficient (Wildman–Crippen LogP) is 2.70. The third kappa shape index (κ3) is 10.9. The van der Waals surface area contributed by atoms with Crippen LogP contribution in [0.15, 0.2) is 12.2 Å². The molecular weight excluding hydrogens is 268 g/mol. The first-order valence-corrected chi connectivity index (χ1v) is 7.04. The number of halogens is 2. The number of allylic oxidation sites excluding steroid dienone is 2. The summed E-state index contributed by atoms with van der Waals surface area (Å²) < 4.78 is 23.7. The number of unbranched alkanes of at least 4 members (excludes halogenated alkanes) is 4. The Labute approximate surface area is 118 Å². The van der Waals surface area contributed by atoms with E-state index in [4.69, 9.17) is 10.8 Å². The Morgan fingerprint density at radius 1 is 1.05 bits per heavy atom. The quantitative estimate of drug-likeness (QED) is 0.381. The van der Waals surface area contributed by atoms with Gasteiger partial charge >= 0.3 is 5.97 Å². The van der Waals surface area contributed by atoms with Gasteiger partial charge in [-0.2, -0.15) is 0 Å². The van der Waals surface area contributed by atoms with Gasteiger partial charge in [-0.15, -0.1) is 0 Å². The largest absolute Gasteiger partial charge is 0.480 e. The van der Waals surface area contributed by atoms with E-state index in [2.05, 4.69) is 0 Å². The molecule has 4 nitrogen and oxygen atoms in total. The number of alkyl halides is 2. The predicted molar refractivity (Wildman–Crippen MR) is 73.7 cm³/mol. The first kappa shape index (κ1) is 19.0. The molecule has 0 bridgehead atoms. The van der Waals surface area contributed by atoms with Crippen LogP contribution in [0.3, 0.4) is 0 Å². The number of rotatable bonds is 12. The van der Waals surface area contributed by atoms with Gasteiger partial charge in [0.2, 0.25) is 6.43 Å². The van der Waals surface area contributed by atoms with E-state index in [1.54, 1.807) is 0 Å². The molecule has 0 fully saturated rings. The number of aliphatic hydroxyl groups excluding tert-OH is 1. The van der Waals surface area contributed by atoms with Gasteiger partial charge < -0.3 is 15.9 Å². The van der Waals surface area contributed by atoms with Gasteiger partial charge in [-0.25, -0.2) is 8.78 Å². The molecule has 0 aliphatic heterocycles. The molecule has 6 heteroatoms. The van der Waals surface area contributed by atoms with Crippen molar-refractivity contribution >= 4 is 5.97 Å². The number of aliphatic carboxylic acids is 1. The zero-order valence-corrected chi connectivity index (χ0v) is 11.7. The Balaban J connectivity index is 3.42. The minimum absolute atomic E-state index is 0.0163. The first-order valence-electron chi connectivity index (χ1n) is 7.04. The van der Waals surface area contributed by atoms with Crippen LogP contribution in [-0.4, -0.2) is 34.8 Å². The Morgan fingerprint density at radius 2 is 1.65 bits per heavy atom. The number of nitrogens with two attached hydrogens (primary N) is 1. The van der Waals surface area contributed by atoms with Crippen LogP contribution in [0.1, 0.15) is 51.4 Å². The molecule has 2 atom stereocenters. The van der Waals surface area contributed by atoms with Crippen LogP contribution in [0, 0.1) is 0 Å². The van der Waals surface area contributed by atoms with Crippen LogP contribution in [0.2, 0.25) is 0 Å². The van der Waals surface area contributed by atoms with Gasteiger partial charge in [-0.05, 0) is 32.1 Å². The van der Waals surface area contributed by atoms with Crippen molar-refractivity contribution in [3.8, 4) is 0 Å². The average Bonchev–Trinajstić information content (AvgIpc) is 2.39. The second-order valence-electron chi connectivity index (χ2n) is 4.86. The topological polar surface area (TPSA) is 83.6 Å². The lowest BCUT2D eigenvalue weighted by Gasteiger charge is -2.13.